The molecule has 7 atom stereocenters. The number of aliphatic hydroxyl groups excluding tert-OH is 5. The number of hydrogen-bond acceptors (Lipinski definition) is 10. The highest BCUT2D eigenvalue weighted by Crippen LogP contribution is 2.23. The van der Waals surface area contributed by atoms with Gasteiger partial charge >= 0.3 is 5.97 Å². The lowest BCUT2D eigenvalue weighted by Crippen LogP contribution is -2.60. The van der Waals surface area contributed by atoms with Crippen molar-refractivity contribution in [2.75, 3.05) is 19.8 Å². The minimum Gasteiger partial charge on any atom is -0.466 e. The molecule has 0 aliphatic carbocycles. The molecule has 6 N–H and O–H groups in total. The molecule has 0 radical (unpaired) electrons. The van der Waals surface area contributed by atoms with E-state index in [1.807, 2.05) is 6.08 Å². The average Bonchev–Trinajstić information content (AvgIpc) is 3.38. The number of hydrogen-bond donors (Lipinski definition) is 6. The highest BCUT2D eigenvalue weighted by atomic mass is 16.7. The summed E-state index contributed by atoms with van der Waals surface area (Å²) in [5.41, 5.74) is 0. The Morgan fingerprint density at radius 1 is 0.500 bits per heavy atom. The van der Waals surface area contributed by atoms with E-state index in [0.29, 0.717) is 19.4 Å². The number of carbonyl (C=O) groups is 2. The van der Waals surface area contributed by atoms with E-state index in [1.54, 1.807) is 6.08 Å². The fourth-order valence-corrected chi connectivity index (χ4v) is 8.79. The van der Waals surface area contributed by atoms with Gasteiger partial charge in [0.1, 0.15) is 24.4 Å². The summed E-state index contributed by atoms with van der Waals surface area (Å²) in [6, 6.07) is -0.846. The minimum absolute atomic E-state index is 0.0258. The fourth-order valence-electron chi connectivity index (χ4n) is 8.79. The van der Waals surface area contributed by atoms with Crippen LogP contribution in [0.15, 0.2) is 60.8 Å². The van der Waals surface area contributed by atoms with Crippen LogP contribution < -0.4 is 5.32 Å². The maximum absolute atomic E-state index is 13.0. The summed E-state index contributed by atoms with van der Waals surface area (Å²) in [7, 11) is 0. The van der Waals surface area contributed by atoms with Crippen molar-refractivity contribution < 1.29 is 49.3 Å². The first-order valence-corrected chi connectivity index (χ1v) is 29.6. The highest BCUT2D eigenvalue weighted by Gasteiger charge is 2.44. The summed E-state index contributed by atoms with van der Waals surface area (Å²) in [6.07, 6.45) is 54.4. The van der Waals surface area contributed by atoms with Gasteiger partial charge in [-0.15, -0.1) is 0 Å². The lowest BCUT2D eigenvalue weighted by atomic mass is 9.99. The number of unbranched alkanes of at least 4 members (excludes halogenated alkanes) is 28. The second-order valence-electron chi connectivity index (χ2n) is 20.3. The molecule has 1 heterocycles. The number of amides is 1. The molecule has 7 unspecified atom stereocenters. The molecule has 1 aliphatic heterocycles. The van der Waals surface area contributed by atoms with Gasteiger partial charge in [0.05, 0.1) is 32.0 Å². The van der Waals surface area contributed by atoms with Crippen LogP contribution in [0.1, 0.15) is 251 Å². The number of allylic oxidation sites excluding steroid dienone is 9. The third kappa shape index (κ3) is 39.8. The van der Waals surface area contributed by atoms with E-state index >= 15 is 0 Å². The molecular weight excluding hydrogens is 907 g/mol. The molecule has 1 aliphatic rings. The van der Waals surface area contributed by atoms with Gasteiger partial charge in [0.15, 0.2) is 6.29 Å². The number of ether oxygens (including phenoxy) is 3. The molecule has 418 valence electrons. The maximum atomic E-state index is 13.0. The van der Waals surface area contributed by atoms with Crippen LogP contribution in [0.2, 0.25) is 0 Å². The number of aliphatic hydroxyl groups is 5. The number of carbonyl (C=O) groups excluding carboxylic acids is 2. The Morgan fingerprint density at radius 3 is 1.42 bits per heavy atom. The van der Waals surface area contributed by atoms with Crippen LogP contribution in [-0.4, -0.2) is 100 Å². The number of esters is 1. The van der Waals surface area contributed by atoms with E-state index in [0.717, 1.165) is 103 Å². The summed E-state index contributed by atoms with van der Waals surface area (Å²) < 4.78 is 16.7. The van der Waals surface area contributed by atoms with Gasteiger partial charge in [-0.2, -0.15) is 0 Å². The van der Waals surface area contributed by atoms with E-state index < -0.39 is 49.5 Å². The first-order chi connectivity index (χ1) is 35.2. The summed E-state index contributed by atoms with van der Waals surface area (Å²) >= 11 is 0. The summed E-state index contributed by atoms with van der Waals surface area (Å²) in [5.74, 6) is -0.238. The predicted molar refractivity (Wildman–Crippen MR) is 296 cm³/mol. The fraction of sp³-hybridized carbons (Fsp3) is 0.803. The standard InChI is InChI=1S/C61H109NO10/c1-3-5-7-9-11-13-15-16-21-24-28-31-35-39-43-47-54(64)53(52-71-61-60(69)59(68)58(67)55(51-63)72-61)62-56(65)48-44-40-36-32-29-25-22-19-17-18-20-23-26-30-34-38-42-46-50-70-57(66)49-45-41-37-33-27-14-12-10-8-6-4-2/h10,12,15-16,19,22,28,31,43,47,53-55,58-61,63-64,67-69H,3-9,11,13-14,17-18,20-21,23-27,29-30,32-42,44-46,48-52H2,1-2H3,(H,62,65)/b12-10-,16-15+,22-19-,31-28+,47-43+. The Hall–Kier alpha value is -2.64. The van der Waals surface area contributed by atoms with Crippen molar-refractivity contribution in [3.05, 3.63) is 60.8 Å². The van der Waals surface area contributed by atoms with Crippen molar-refractivity contribution in [1.29, 1.82) is 0 Å². The molecule has 0 aromatic carbocycles. The topological polar surface area (TPSA) is 175 Å². The molecule has 1 fully saturated rings. The Morgan fingerprint density at radius 2 is 0.917 bits per heavy atom. The molecule has 0 aromatic rings. The van der Waals surface area contributed by atoms with E-state index in [2.05, 4.69) is 67.8 Å². The largest absolute Gasteiger partial charge is 0.466 e. The van der Waals surface area contributed by atoms with E-state index in [-0.39, 0.29) is 18.5 Å². The molecule has 72 heavy (non-hydrogen) atoms. The molecule has 1 saturated heterocycles. The maximum Gasteiger partial charge on any atom is 0.305 e. The number of rotatable bonds is 50. The van der Waals surface area contributed by atoms with Gasteiger partial charge < -0.3 is 45.1 Å². The van der Waals surface area contributed by atoms with Gasteiger partial charge in [-0.25, -0.2) is 0 Å². The van der Waals surface area contributed by atoms with Crippen LogP contribution in [0.25, 0.3) is 0 Å². The molecule has 1 rings (SSSR count). The van der Waals surface area contributed by atoms with Crippen molar-refractivity contribution in [2.45, 2.75) is 294 Å². The Bertz CT molecular complexity index is 1380. The predicted octanol–water partition coefficient (Wildman–Crippen LogP) is 13.4. The third-order valence-corrected chi connectivity index (χ3v) is 13.6. The quantitative estimate of drug-likeness (QED) is 0.0195. The molecule has 1 amide bonds. The van der Waals surface area contributed by atoms with Crippen LogP contribution in [0.3, 0.4) is 0 Å². The SMILES string of the molecule is CCCC/C=C\CCCCCCCC(=O)OCCCCCCCCCCC/C=C\CCCCCCCC(=O)NC(COC1OC(CO)C(O)C(O)C1O)C(O)/C=C/CC/C=C/CC/C=C/CCCCCCC. The molecule has 0 spiro atoms. The van der Waals surface area contributed by atoms with Gasteiger partial charge in [0.2, 0.25) is 5.91 Å². The first kappa shape index (κ1) is 67.4. The molecule has 0 bridgehead atoms. The van der Waals surface area contributed by atoms with Gasteiger partial charge in [-0.1, -0.05) is 197 Å². The summed E-state index contributed by atoms with van der Waals surface area (Å²) in [5, 5.41) is 54.4. The van der Waals surface area contributed by atoms with Gasteiger partial charge in [0, 0.05) is 12.8 Å². The van der Waals surface area contributed by atoms with Crippen molar-refractivity contribution in [2.24, 2.45) is 0 Å². The van der Waals surface area contributed by atoms with E-state index in [4.69, 9.17) is 14.2 Å². The monoisotopic (exact) mass is 1020 g/mol. The average molecular weight is 1020 g/mol. The van der Waals surface area contributed by atoms with Crippen LogP contribution in [0, 0.1) is 0 Å². The Kier molecular flexibility index (Phi) is 47.3. The highest BCUT2D eigenvalue weighted by molar-refractivity contribution is 5.76. The lowest BCUT2D eigenvalue weighted by Gasteiger charge is -2.40. The molecule has 11 nitrogen and oxygen atoms in total. The molecule has 11 heteroatoms. The molecular formula is C61H109NO10. The van der Waals surface area contributed by atoms with Crippen LogP contribution in [0.5, 0.6) is 0 Å². The second-order valence-corrected chi connectivity index (χ2v) is 20.3. The Balaban J connectivity index is 2.16. The van der Waals surface area contributed by atoms with E-state index in [9.17, 15) is 35.1 Å². The van der Waals surface area contributed by atoms with Crippen molar-refractivity contribution in [1.82, 2.24) is 5.32 Å². The molecule has 0 aromatic heterocycles. The third-order valence-electron chi connectivity index (χ3n) is 13.6. The Labute approximate surface area is 439 Å². The van der Waals surface area contributed by atoms with Gasteiger partial charge in [-0.3, -0.25) is 9.59 Å². The summed E-state index contributed by atoms with van der Waals surface area (Å²) in [6.45, 7) is 4.24. The smallest absolute Gasteiger partial charge is 0.305 e. The van der Waals surface area contributed by atoms with Crippen molar-refractivity contribution in [3.8, 4) is 0 Å². The van der Waals surface area contributed by atoms with Crippen molar-refractivity contribution >= 4 is 11.9 Å². The van der Waals surface area contributed by atoms with Gasteiger partial charge in [-0.05, 0) is 103 Å². The zero-order chi connectivity index (χ0) is 52.4. The van der Waals surface area contributed by atoms with Crippen LogP contribution in [0.4, 0.5) is 0 Å². The number of nitrogens with one attached hydrogen (secondary N) is 1. The minimum atomic E-state index is -1.59. The van der Waals surface area contributed by atoms with Gasteiger partial charge in [0.25, 0.3) is 0 Å². The first-order valence-electron chi connectivity index (χ1n) is 29.6. The van der Waals surface area contributed by atoms with Crippen LogP contribution >= 0.6 is 0 Å². The molecule has 0 saturated carbocycles. The second kappa shape index (κ2) is 50.5. The lowest BCUT2D eigenvalue weighted by molar-refractivity contribution is -0.302. The normalized spacial score (nSPS) is 19.5. The summed E-state index contributed by atoms with van der Waals surface area (Å²) in [4.78, 5) is 25.0. The van der Waals surface area contributed by atoms with Crippen LogP contribution in [-0.2, 0) is 23.8 Å². The van der Waals surface area contributed by atoms with E-state index in [1.165, 1.54) is 122 Å². The zero-order valence-corrected chi connectivity index (χ0v) is 45.9. The van der Waals surface area contributed by atoms with Crippen molar-refractivity contribution in [3.63, 3.8) is 0 Å². The zero-order valence-electron chi connectivity index (χ0n) is 45.9.